The molecule has 0 spiro atoms. The van der Waals surface area contributed by atoms with Gasteiger partial charge in [-0.05, 0) is 6.07 Å². The maximum Gasteiger partial charge on any atom is 0.318 e. The van der Waals surface area contributed by atoms with Crippen molar-refractivity contribution in [3.05, 3.63) is 51.3 Å². The van der Waals surface area contributed by atoms with Gasteiger partial charge in [0.1, 0.15) is 0 Å². The summed E-state index contributed by atoms with van der Waals surface area (Å²) in [5, 5.41) is 20.9. The van der Waals surface area contributed by atoms with Crippen LogP contribution >= 0.6 is 0 Å². The molecule has 0 radical (unpaired) electrons. The molecule has 0 atom stereocenters. The molecule has 0 aliphatic rings. The molecule has 0 unspecified atom stereocenters. The molecule has 0 heterocycles. The minimum absolute atomic E-state index is 0.0828. The summed E-state index contributed by atoms with van der Waals surface area (Å²) in [5.41, 5.74) is -0.831. The second kappa shape index (κ2) is 4.18. The lowest BCUT2D eigenvalue weighted by Gasteiger charge is -2.00. The van der Waals surface area contributed by atoms with Gasteiger partial charge < -0.3 is 4.74 Å². The Hall–Kier alpha value is -2.44. The molecule has 15 heavy (non-hydrogen) atoms. The summed E-state index contributed by atoms with van der Waals surface area (Å²) in [6.07, 6.45) is 1.01. The number of nitro groups is 2. The summed E-state index contributed by atoms with van der Waals surface area (Å²) < 4.78 is 4.73. The summed E-state index contributed by atoms with van der Waals surface area (Å²) in [5.74, 6) is -0.0828. The summed E-state index contributed by atoms with van der Waals surface area (Å²) in [6, 6.07) is 3.10. The largest absolute Gasteiger partial charge is 0.458 e. The first-order valence-electron chi connectivity index (χ1n) is 3.76. The third-order valence-electron chi connectivity index (χ3n) is 1.56. The fourth-order valence-electron chi connectivity index (χ4n) is 0.951. The average Bonchev–Trinajstić information content (AvgIpc) is 2.18. The molecule has 0 saturated carbocycles. The molecule has 1 rings (SSSR count). The van der Waals surface area contributed by atoms with Crippen molar-refractivity contribution in [3.8, 4) is 5.75 Å². The Morgan fingerprint density at radius 3 is 2.40 bits per heavy atom. The van der Waals surface area contributed by atoms with E-state index >= 15 is 0 Å². The quantitative estimate of drug-likeness (QED) is 0.430. The highest BCUT2D eigenvalue weighted by Gasteiger charge is 2.19. The normalized spacial score (nSPS) is 9.33. The van der Waals surface area contributed by atoms with Gasteiger partial charge in [-0.25, -0.2) is 0 Å². The van der Waals surface area contributed by atoms with Crippen molar-refractivity contribution in [2.45, 2.75) is 0 Å². The maximum absolute atomic E-state index is 10.5. The molecule has 0 N–H and O–H groups in total. The first-order chi connectivity index (χ1) is 7.06. The van der Waals surface area contributed by atoms with E-state index in [0.29, 0.717) is 0 Å². The van der Waals surface area contributed by atoms with Crippen molar-refractivity contribution in [1.82, 2.24) is 0 Å². The minimum atomic E-state index is -0.758. The predicted molar refractivity (Wildman–Crippen MR) is 50.6 cm³/mol. The third kappa shape index (κ3) is 2.27. The number of rotatable bonds is 4. The van der Waals surface area contributed by atoms with Crippen LogP contribution in [0.2, 0.25) is 0 Å². The van der Waals surface area contributed by atoms with Crippen LogP contribution in [0.25, 0.3) is 0 Å². The third-order valence-corrected chi connectivity index (χ3v) is 1.56. The number of hydrogen-bond acceptors (Lipinski definition) is 5. The number of non-ortho nitro benzene ring substituents is 1. The second-order valence-corrected chi connectivity index (χ2v) is 2.45. The first kappa shape index (κ1) is 10.6. The highest BCUT2D eigenvalue weighted by Crippen LogP contribution is 2.30. The summed E-state index contributed by atoms with van der Waals surface area (Å²) in [7, 11) is 0. The number of ether oxygens (including phenoxy) is 1. The van der Waals surface area contributed by atoms with Crippen LogP contribution in [-0.4, -0.2) is 9.85 Å². The molecule has 7 nitrogen and oxygen atoms in total. The Kier molecular flexibility index (Phi) is 2.97. The van der Waals surface area contributed by atoms with Gasteiger partial charge in [0.15, 0.2) is 0 Å². The molecular formula is C8H6N2O5. The molecule has 0 aromatic heterocycles. The van der Waals surface area contributed by atoms with Crippen LogP contribution in [0.5, 0.6) is 5.75 Å². The van der Waals surface area contributed by atoms with E-state index < -0.39 is 15.5 Å². The van der Waals surface area contributed by atoms with Gasteiger partial charge >= 0.3 is 5.69 Å². The molecule has 0 fully saturated rings. The van der Waals surface area contributed by atoms with E-state index in [4.69, 9.17) is 4.74 Å². The van der Waals surface area contributed by atoms with Gasteiger partial charge in [-0.15, -0.1) is 0 Å². The maximum atomic E-state index is 10.5. The molecule has 1 aromatic carbocycles. The van der Waals surface area contributed by atoms with Crippen LogP contribution in [0.4, 0.5) is 11.4 Å². The molecule has 0 bridgehead atoms. The number of hydrogen-bond donors (Lipinski definition) is 0. The fourth-order valence-corrected chi connectivity index (χ4v) is 0.951. The number of nitro benzene ring substituents is 2. The lowest BCUT2D eigenvalue weighted by Crippen LogP contribution is -1.95. The molecule has 0 saturated heterocycles. The highest BCUT2D eigenvalue weighted by atomic mass is 16.6. The van der Waals surface area contributed by atoms with E-state index in [-0.39, 0.29) is 11.4 Å². The highest BCUT2D eigenvalue weighted by molar-refractivity contribution is 5.53. The van der Waals surface area contributed by atoms with Crippen molar-refractivity contribution >= 4 is 11.4 Å². The standard InChI is InChI=1S/C8H6N2O5/c1-2-15-8-4-3-6(9(11)12)5-7(8)10(13)14/h2-5H,1H2. The predicted octanol–water partition coefficient (Wildman–Crippen LogP) is 2.03. The van der Waals surface area contributed by atoms with Crippen LogP contribution in [0.1, 0.15) is 0 Å². The van der Waals surface area contributed by atoms with E-state index in [0.717, 1.165) is 24.5 Å². The van der Waals surface area contributed by atoms with Gasteiger partial charge in [-0.1, -0.05) is 6.58 Å². The second-order valence-electron chi connectivity index (χ2n) is 2.45. The Morgan fingerprint density at radius 2 is 1.93 bits per heavy atom. The van der Waals surface area contributed by atoms with E-state index in [9.17, 15) is 20.2 Å². The molecule has 7 heteroatoms. The van der Waals surface area contributed by atoms with Gasteiger partial charge in [-0.3, -0.25) is 20.2 Å². The Labute approximate surface area is 83.9 Å². The molecule has 1 aromatic rings. The minimum Gasteiger partial charge on any atom is -0.458 e. The lowest BCUT2D eigenvalue weighted by atomic mass is 10.2. The zero-order chi connectivity index (χ0) is 11.4. The smallest absolute Gasteiger partial charge is 0.318 e. The first-order valence-corrected chi connectivity index (χ1v) is 3.76. The molecule has 0 amide bonds. The molecule has 78 valence electrons. The van der Waals surface area contributed by atoms with Gasteiger partial charge in [-0.2, -0.15) is 0 Å². The lowest BCUT2D eigenvalue weighted by molar-refractivity contribution is -0.394. The van der Waals surface area contributed by atoms with Crippen molar-refractivity contribution < 1.29 is 14.6 Å². The van der Waals surface area contributed by atoms with Crippen LogP contribution in [-0.2, 0) is 0 Å². The summed E-state index contributed by atoms with van der Waals surface area (Å²) in [4.78, 5) is 19.4. The monoisotopic (exact) mass is 210 g/mol. The van der Waals surface area contributed by atoms with Crippen molar-refractivity contribution in [1.29, 1.82) is 0 Å². The Balaban J connectivity index is 3.26. The summed E-state index contributed by atoms with van der Waals surface area (Å²) >= 11 is 0. The van der Waals surface area contributed by atoms with Crippen LogP contribution in [0, 0.1) is 20.2 Å². The Morgan fingerprint density at radius 1 is 1.27 bits per heavy atom. The Bertz CT molecular complexity index is 429. The topological polar surface area (TPSA) is 95.5 Å². The van der Waals surface area contributed by atoms with E-state index in [2.05, 4.69) is 6.58 Å². The zero-order valence-electron chi connectivity index (χ0n) is 7.45. The SMILES string of the molecule is C=COc1ccc([N+](=O)[O-])cc1[N+](=O)[O-]. The molecule has 0 aliphatic carbocycles. The van der Waals surface area contributed by atoms with E-state index in [1.807, 2.05) is 0 Å². The van der Waals surface area contributed by atoms with Crippen molar-refractivity contribution in [2.75, 3.05) is 0 Å². The van der Waals surface area contributed by atoms with Crippen molar-refractivity contribution in [2.24, 2.45) is 0 Å². The van der Waals surface area contributed by atoms with Gasteiger partial charge in [0.25, 0.3) is 5.69 Å². The number of nitrogens with zero attached hydrogens (tertiary/aromatic N) is 2. The average molecular weight is 210 g/mol. The number of benzene rings is 1. The van der Waals surface area contributed by atoms with Crippen molar-refractivity contribution in [3.63, 3.8) is 0 Å². The van der Waals surface area contributed by atoms with Crippen LogP contribution < -0.4 is 4.74 Å². The van der Waals surface area contributed by atoms with E-state index in [1.165, 1.54) is 0 Å². The van der Waals surface area contributed by atoms with Crippen LogP contribution in [0.15, 0.2) is 31.0 Å². The van der Waals surface area contributed by atoms with Crippen LogP contribution in [0.3, 0.4) is 0 Å². The summed E-state index contributed by atoms with van der Waals surface area (Å²) in [6.45, 7) is 3.24. The van der Waals surface area contributed by atoms with Gasteiger partial charge in [0.2, 0.25) is 5.75 Å². The van der Waals surface area contributed by atoms with E-state index in [1.54, 1.807) is 0 Å². The fraction of sp³-hybridized carbons (Fsp3) is 0. The zero-order valence-corrected chi connectivity index (χ0v) is 7.45. The molecular weight excluding hydrogens is 204 g/mol. The molecule has 0 aliphatic heterocycles. The van der Waals surface area contributed by atoms with Gasteiger partial charge in [0.05, 0.1) is 22.2 Å². The van der Waals surface area contributed by atoms with Gasteiger partial charge in [0, 0.05) is 6.07 Å².